The van der Waals surface area contributed by atoms with Crippen LogP contribution in [-0.4, -0.2) is 46.8 Å². The summed E-state index contributed by atoms with van der Waals surface area (Å²) in [4.78, 5) is 2.64. The second kappa shape index (κ2) is 7.73. The van der Waals surface area contributed by atoms with Crippen LogP contribution in [0.1, 0.15) is 31.7 Å². The molecule has 1 saturated heterocycles. The number of aliphatic hydroxyl groups is 1. The van der Waals surface area contributed by atoms with Crippen molar-refractivity contribution in [3.63, 3.8) is 0 Å². The highest BCUT2D eigenvalue weighted by Gasteiger charge is 2.21. The molecule has 3 N–H and O–H groups in total. The van der Waals surface area contributed by atoms with Crippen molar-refractivity contribution in [3.05, 3.63) is 29.8 Å². The van der Waals surface area contributed by atoms with Gasteiger partial charge in [0.1, 0.15) is 23.4 Å². The number of piperidine rings is 1. The van der Waals surface area contributed by atoms with Crippen LogP contribution in [0, 0.1) is 0 Å². The number of β-amino-alcohol motifs (C(OH)–C–C–N with tert-alkyl or cyclic N) is 1. The number of nitrogens with zero attached hydrogens (tertiary/aromatic N) is 1. The average molecular weight is 308 g/mol. The monoisotopic (exact) mass is 308 g/mol. The van der Waals surface area contributed by atoms with Crippen LogP contribution in [0.25, 0.3) is 0 Å². The number of rotatable bonds is 6. The SMILES string of the molecule is CC1CCCCN1CC(O)COc1ccccc1C(N)=S. The Labute approximate surface area is 131 Å². The van der Waals surface area contributed by atoms with E-state index in [4.69, 9.17) is 22.7 Å². The molecule has 4 nitrogen and oxygen atoms in total. The number of aliphatic hydroxyl groups excluding tert-OH is 1. The normalized spacial score (nSPS) is 21.0. The summed E-state index contributed by atoms with van der Waals surface area (Å²) in [6.07, 6.45) is 3.19. The summed E-state index contributed by atoms with van der Waals surface area (Å²) in [6.45, 7) is 4.18. The quantitative estimate of drug-likeness (QED) is 0.787. The number of likely N-dealkylation sites (tertiary alicyclic amines) is 1. The first-order valence-corrected chi connectivity index (χ1v) is 7.92. The summed E-state index contributed by atoms with van der Waals surface area (Å²) in [5.74, 6) is 0.635. The molecule has 2 atom stereocenters. The van der Waals surface area contributed by atoms with Gasteiger partial charge in [-0.2, -0.15) is 0 Å². The lowest BCUT2D eigenvalue weighted by atomic mass is 10.0. The van der Waals surface area contributed by atoms with E-state index in [-0.39, 0.29) is 6.61 Å². The maximum absolute atomic E-state index is 10.2. The van der Waals surface area contributed by atoms with Crippen LogP contribution in [0.2, 0.25) is 0 Å². The van der Waals surface area contributed by atoms with Crippen molar-refractivity contribution in [1.29, 1.82) is 0 Å². The van der Waals surface area contributed by atoms with Gasteiger partial charge in [0.25, 0.3) is 0 Å². The fourth-order valence-electron chi connectivity index (χ4n) is 2.73. The standard InChI is InChI=1S/C16H24N2O2S/c1-12-6-4-5-9-18(12)10-13(19)11-20-15-8-3-2-7-14(15)16(17)21/h2-3,7-8,12-13,19H,4-6,9-11H2,1H3,(H2,17,21). The van der Waals surface area contributed by atoms with Gasteiger partial charge in [0.05, 0.1) is 5.56 Å². The van der Waals surface area contributed by atoms with Crippen molar-refractivity contribution in [2.24, 2.45) is 5.73 Å². The first-order valence-electron chi connectivity index (χ1n) is 7.51. The summed E-state index contributed by atoms with van der Waals surface area (Å²) >= 11 is 5.00. The van der Waals surface area contributed by atoms with Gasteiger partial charge in [-0.25, -0.2) is 0 Å². The third kappa shape index (κ3) is 4.66. The van der Waals surface area contributed by atoms with Crippen LogP contribution in [0.15, 0.2) is 24.3 Å². The van der Waals surface area contributed by atoms with E-state index in [1.54, 1.807) is 0 Å². The first-order chi connectivity index (χ1) is 10.1. The predicted octanol–water partition coefficient (Wildman–Crippen LogP) is 1.93. The summed E-state index contributed by atoms with van der Waals surface area (Å²) in [7, 11) is 0. The largest absolute Gasteiger partial charge is 0.490 e. The molecule has 0 saturated carbocycles. The highest BCUT2D eigenvalue weighted by atomic mass is 32.1. The molecular weight excluding hydrogens is 284 g/mol. The highest BCUT2D eigenvalue weighted by Crippen LogP contribution is 2.19. The van der Waals surface area contributed by atoms with E-state index < -0.39 is 6.10 Å². The van der Waals surface area contributed by atoms with Gasteiger partial charge in [0.15, 0.2) is 0 Å². The third-order valence-electron chi connectivity index (χ3n) is 3.97. The van der Waals surface area contributed by atoms with Crippen molar-refractivity contribution >= 4 is 17.2 Å². The molecule has 1 aromatic rings. The van der Waals surface area contributed by atoms with Crippen LogP contribution < -0.4 is 10.5 Å². The van der Waals surface area contributed by atoms with Gasteiger partial charge in [0.2, 0.25) is 0 Å². The molecule has 1 fully saturated rings. The molecule has 1 aliphatic rings. The minimum atomic E-state index is -0.509. The van der Waals surface area contributed by atoms with E-state index in [9.17, 15) is 5.11 Å². The summed E-state index contributed by atoms with van der Waals surface area (Å²) in [6, 6.07) is 7.93. The van der Waals surface area contributed by atoms with Gasteiger partial charge in [0, 0.05) is 12.6 Å². The van der Waals surface area contributed by atoms with Gasteiger partial charge in [-0.1, -0.05) is 30.8 Å². The van der Waals surface area contributed by atoms with Crippen LogP contribution >= 0.6 is 12.2 Å². The molecule has 116 valence electrons. The first kappa shape index (κ1) is 16.2. The molecule has 0 bridgehead atoms. The lowest BCUT2D eigenvalue weighted by Gasteiger charge is -2.34. The zero-order chi connectivity index (χ0) is 15.2. The van der Waals surface area contributed by atoms with Gasteiger partial charge in [-0.3, -0.25) is 4.90 Å². The topological polar surface area (TPSA) is 58.7 Å². The summed E-state index contributed by atoms with van der Waals surface area (Å²) < 4.78 is 5.69. The van der Waals surface area contributed by atoms with Crippen LogP contribution in [0.4, 0.5) is 0 Å². The van der Waals surface area contributed by atoms with E-state index >= 15 is 0 Å². The molecule has 1 heterocycles. The molecule has 21 heavy (non-hydrogen) atoms. The molecule has 2 unspecified atom stereocenters. The van der Waals surface area contributed by atoms with Crippen molar-refractivity contribution < 1.29 is 9.84 Å². The molecule has 0 amide bonds. The van der Waals surface area contributed by atoms with Gasteiger partial charge >= 0.3 is 0 Å². The lowest BCUT2D eigenvalue weighted by molar-refractivity contribution is 0.0437. The zero-order valence-corrected chi connectivity index (χ0v) is 13.3. The Morgan fingerprint density at radius 2 is 2.24 bits per heavy atom. The summed E-state index contributed by atoms with van der Waals surface area (Å²) in [5, 5.41) is 10.2. The highest BCUT2D eigenvalue weighted by molar-refractivity contribution is 7.80. The molecule has 0 aliphatic carbocycles. The minimum Gasteiger partial charge on any atom is -0.490 e. The predicted molar refractivity (Wildman–Crippen MR) is 88.7 cm³/mol. The Kier molecular flexibility index (Phi) is 5.96. The van der Waals surface area contributed by atoms with Crippen LogP contribution in [0.3, 0.4) is 0 Å². The maximum Gasteiger partial charge on any atom is 0.129 e. The number of para-hydroxylation sites is 1. The fourth-order valence-corrected chi connectivity index (χ4v) is 2.90. The fraction of sp³-hybridized carbons (Fsp3) is 0.562. The number of hydrogen-bond acceptors (Lipinski definition) is 4. The Balaban J connectivity index is 1.86. The van der Waals surface area contributed by atoms with E-state index in [0.29, 0.717) is 28.9 Å². The number of benzene rings is 1. The molecule has 0 spiro atoms. The van der Waals surface area contributed by atoms with E-state index in [2.05, 4.69) is 11.8 Å². The minimum absolute atomic E-state index is 0.253. The van der Waals surface area contributed by atoms with Crippen molar-refractivity contribution in [2.45, 2.75) is 38.3 Å². The van der Waals surface area contributed by atoms with Crippen molar-refractivity contribution in [2.75, 3.05) is 19.7 Å². The Morgan fingerprint density at radius 1 is 1.48 bits per heavy atom. The van der Waals surface area contributed by atoms with E-state index in [1.165, 1.54) is 19.3 Å². The number of hydrogen-bond donors (Lipinski definition) is 2. The zero-order valence-electron chi connectivity index (χ0n) is 12.5. The van der Waals surface area contributed by atoms with Crippen LogP contribution in [-0.2, 0) is 0 Å². The molecular formula is C16H24N2O2S. The van der Waals surface area contributed by atoms with Gasteiger partial charge in [-0.15, -0.1) is 0 Å². The Bertz CT molecular complexity index is 481. The van der Waals surface area contributed by atoms with E-state index in [0.717, 1.165) is 6.54 Å². The molecule has 0 radical (unpaired) electrons. The van der Waals surface area contributed by atoms with Crippen LogP contribution in [0.5, 0.6) is 5.75 Å². The van der Waals surface area contributed by atoms with Gasteiger partial charge in [-0.05, 0) is 38.4 Å². The second-order valence-electron chi connectivity index (χ2n) is 5.66. The summed E-state index contributed by atoms with van der Waals surface area (Å²) in [5.41, 5.74) is 6.38. The number of nitrogens with two attached hydrogens (primary N) is 1. The Morgan fingerprint density at radius 3 is 2.95 bits per heavy atom. The molecule has 5 heteroatoms. The van der Waals surface area contributed by atoms with E-state index in [1.807, 2.05) is 24.3 Å². The lowest BCUT2D eigenvalue weighted by Crippen LogP contribution is -2.43. The van der Waals surface area contributed by atoms with Crippen molar-refractivity contribution in [3.8, 4) is 5.75 Å². The molecule has 0 aromatic heterocycles. The smallest absolute Gasteiger partial charge is 0.129 e. The molecule has 1 aliphatic heterocycles. The molecule has 2 rings (SSSR count). The number of ether oxygens (including phenoxy) is 1. The van der Waals surface area contributed by atoms with Gasteiger partial charge < -0.3 is 15.6 Å². The number of thiocarbonyl (C=S) groups is 1. The average Bonchev–Trinajstić information content (AvgIpc) is 2.48. The Hall–Kier alpha value is -1.17. The second-order valence-corrected chi connectivity index (χ2v) is 6.10. The maximum atomic E-state index is 10.2. The van der Waals surface area contributed by atoms with Crippen molar-refractivity contribution in [1.82, 2.24) is 4.90 Å². The third-order valence-corrected chi connectivity index (χ3v) is 4.19. The molecule has 1 aromatic carbocycles.